The number of ketones is 1. The summed E-state index contributed by atoms with van der Waals surface area (Å²) in [5.74, 6) is 0.620. The molecular weight excluding hydrogens is 593 g/mol. The third kappa shape index (κ3) is 5.75. The standard InChI is InChI=1S/C33H30BrCl2NO2/c1-19(25-14-22(34)10-13-30(25)39-18-21-8-11-23(35)15-27(21)36)31-26(16-33(2,3)17-29(31)38)32-24-7-5-4-6-20(24)9-12-28(32)37/h4-15,19H,16-18,37H2,1-3H3/t19-/m1/s1. The van der Waals surface area contributed by atoms with Gasteiger partial charge in [0.05, 0.1) is 0 Å². The average Bonchev–Trinajstić information content (AvgIpc) is 2.87. The fraction of sp³-hybridized carbons (Fsp3) is 0.242. The fourth-order valence-electron chi connectivity index (χ4n) is 5.62. The Balaban J connectivity index is 1.64. The summed E-state index contributed by atoms with van der Waals surface area (Å²) in [4.78, 5) is 13.9. The average molecular weight is 623 g/mol. The second-order valence-corrected chi connectivity index (χ2v) is 12.8. The summed E-state index contributed by atoms with van der Waals surface area (Å²) in [7, 11) is 0. The Morgan fingerprint density at radius 3 is 2.54 bits per heavy atom. The van der Waals surface area contributed by atoms with Crippen LogP contribution in [0.5, 0.6) is 5.75 Å². The Morgan fingerprint density at radius 2 is 1.77 bits per heavy atom. The van der Waals surface area contributed by atoms with Gasteiger partial charge in [-0.1, -0.05) is 96.3 Å². The Labute approximate surface area is 248 Å². The molecule has 0 bridgehead atoms. The first-order valence-corrected chi connectivity index (χ1v) is 14.5. The summed E-state index contributed by atoms with van der Waals surface area (Å²) >= 11 is 16.1. The number of carbonyl (C=O) groups is 1. The molecule has 0 fully saturated rings. The predicted octanol–water partition coefficient (Wildman–Crippen LogP) is 10.0. The Bertz CT molecular complexity index is 1630. The highest BCUT2D eigenvalue weighted by atomic mass is 79.9. The van der Waals surface area contributed by atoms with Crippen LogP contribution in [0.15, 0.2) is 82.8 Å². The molecule has 5 rings (SSSR count). The predicted molar refractivity (Wildman–Crippen MR) is 167 cm³/mol. The van der Waals surface area contributed by atoms with E-state index in [9.17, 15) is 4.79 Å². The molecule has 0 radical (unpaired) electrons. The van der Waals surface area contributed by atoms with Gasteiger partial charge in [-0.05, 0) is 64.6 Å². The molecular formula is C33H30BrCl2NO2. The van der Waals surface area contributed by atoms with Crippen LogP contribution in [0.3, 0.4) is 0 Å². The van der Waals surface area contributed by atoms with Gasteiger partial charge in [-0.2, -0.15) is 0 Å². The number of Topliss-reactive ketones (excluding diaryl/α,β-unsaturated/α-hetero) is 1. The number of rotatable bonds is 6. The minimum Gasteiger partial charge on any atom is -0.489 e. The van der Waals surface area contributed by atoms with Crippen LogP contribution in [0.25, 0.3) is 16.3 Å². The van der Waals surface area contributed by atoms with Crippen molar-refractivity contribution in [3.63, 3.8) is 0 Å². The maximum atomic E-state index is 13.9. The maximum absolute atomic E-state index is 13.9. The molecule has 1 aliphatic carbocycles. The van der Waals surface area contributed by atoms with Crippen molar-refractivity contribution >= 4 is 66.9 Å². The van der Waals surface area contributed by atoms with E-state index in [-0.39, 0.29) is 23.7 Å². The second-order valence-electron chi connectivity index (χ2n) is 11.0. The van der Waals surface area contributed by atoms with E-state index in [0.717, 1.165) is 49.5 Å². The summed E-state index contributed by atoms with van der Waals surface area (Å²) in [6.07, 6.45) is 1.23. The monoisotopic (exact) mass is 621 g/mol. The molecule has 0 unspecified atom stereocenters. The number of anilines is 1. The molecule has 3 nitrogen and oxygen atoms in total. The Kier molecular flexibility index (Phi) is 7.83. The lowest BCUT2D eigenvalue weighted by molar-refractivity contribution is -0.118. The van der Waals surface area contributed by atoms with Crippen molar-refractivity contribution in [2.24, 2.45) is 5.41 Å². The van der Waals surface area contributed by atoms with Crippen LogP contribution in [0.2, 0.25) is 10.0 Å². The number of carbonyl (C=O) groups excluding carboxylic acids is 1. The molecule has 0 heterocycles. The van der Waals surface area contributed by atoms with Gasteiger partial charge < -0.3 is 10.5 Å². The number of allylic oxidation sites excluding steroid dienone is 2. The molecule has 0 spiro atoms. The van der Waals surface area contributed by atoms with Crippen molar-refractivity contribution in [1.29, 1.82) is 0 Å². The van der Waals surface area contributed by atoms with E-state index in [0.29, 0.717) is 27.9 Å². The molecule has 0 aromatic heterocycles. The fourth-order valence-corrected chi connectivity index (χ4v) is 6.47. The lowest BCUT2D eigenvalue weighted by Gasteiger charge is -2.35. The van der Waals surface area contributed by atoms with Gasteiger partial charge in [0.25, 0.3) is 0 Å². The van der Waals surface area contributed by atoms with Crippen molar-refractivity contribution in [1.82, 2.24) is 0 Å². The van der Waals surface area contributed by atoms with E-state index in [1.165, 1.54) is 0 Å². The molecule has 0 aliphatic heterocycles. The smallest absolute Gasteiger partial charge is 0.160 e. The van der Waals surface area contributed by atoms with Crippen LogP contribution >= 0.6 is 39.1 Å². The number of halogens is 3. The molecule has 200 valence electrons. The quantitative estimate of drug-likeness (QED) is 0.218. The molecule has 1 atom stereocenters. The van der Waals surface area contributed by atoms with E-state index < -0.39 is 0 Å². The van der Waals surface area contributed by atoms with Crippen LogP contribution in [-0.4, -0.2) is 5.78 Å². The highest BCUT2D eigenvalue weighted by Crippen LogP contribution is 2.49. The third-order valence-electron chi connectivity index (χ3n) is 7.45. The van der Waals surface area contributed by atoms with Crippen molar-refractivity contribution in [3.8, 4) is 5.75 Å². The minimum atomic E-state index is -0.227. The van der Waals surface area contributed by atoms with Gasteiger partial charge in [0.2, 0.25) is 0 Å². The van der Waals surface area contributed by atoms with Gasteiger partial charge in [0.15, 0.2) is 5.78 Å². The lowest BCUT2D eigenvalue weighted by atomic mass is 9.68. The van der Waals surface area contributed by atoms with Gasteiger partial charge >= 0.3 is 0 Å². The molecule has 6 heteroatoms. The first kappa shape index (κ1) is 27.8. The summed E-state index contributed by atoms with van der Waals surface area (Å²) in [6.45, 7) is 6.66. The number of ether oxygens (including phenoxy) is 1. The molecule has 0 saturated carbocycles. The first-order chi connectivity index (χ1) is 18.5. The summed E-state index contributed by atoms with van der Waals surface area (Å²) < 4.78 is 7.23. The SMILES string of the molecule is C[C@@H](C1=C(c2c(N)ccc3ccccc23)CC(C)(C)CC1=O)c1cc(Br)ccc1OCc1ccc(Cl)cc1Cl. The van der Waals surface area contributed by atoms with Gasteiger partial charge in [-0.15, -0.1) is 0 Å². The zero-order chi connectivity index (χ0) is 27.9. The summed E-state index contributed by atoms with van der Waals surface area (Å²) in [6, 6.07) is 23.5. The van der Waals surface area contributed by atoms with E-state index in [1.807, 2.05) is 48.5 Å². The highest BCUT2D eigenvalue weighted by molar-refractivity contribution is 9.10. The lowest BCUT2D eigenvalue weighted by Crippen LogP contribution is -2.28. The number of benzene rings is 4. The first-order valence-electron chi connectivity index (χ1n) is 12.9. The molecule has 4 aromatic carbocycles. The summed E-state index contributed by atoms with van der Waals surface area (Å²) in [5, 5.41) is 3.29. The molecule has 4 aromatic rings. The van der Waals surface area contributed by atoms with Gasteiger partial charge in [0, 0.05) is 54.8 Å². The highest BCUT2D eigenvalue weighted by Gasteiger charge is 2.37. The maximum Gasteiger partial charge on any atom is 0.160 e. The van der Waals surface area contributed by atoms with Crippen molar-refractivity contribution < 1.29 is 9.53 Å². The Morgan fingerprint density at radius 1 is 1.00 bits per heavy atom. The minimum absolute atomic E-state index is 0.146. The number of nitrogens with two attached hydrogens (primary N) is 1. The third-order valence-corrected chi connectivity index (χ3v) is 8.53. The second kappa shape index (κ2) is 11.0. The zero-order valence-corrected chi connectivity index (χ0v) is 25.3. The molecule has 39 heavy (non-hydrogen) atoms. The number of fused-ring (bicyclic) bond motifs is 1. The van der Waals surface area contributed by atoms with Crippen molar-refractivity contribution in [2.75, 3.05) is 5.73 Å². The van der Waals surface area contributed by atoms with E-state index >= 15 is 0 Å². The molecule has 0 saturated heterocycles. The van der Waals surface area contributed by atoms with Crippen molar-refractivity contribution in [2.45, 2.75) is 46.1 Å². The molecule has 0 amide bonds. The normalized spacial score (nSPS) is 16.0. The van der Waals surface area contributed by atoms with E-state index in [4.69, 9.17) is 33.7 Å². The zero-order valence-electron chi connectivity index (χ0n) is 22.2. The number of hydrogen-bond acceptors (Lipinski definition) is 3. The van der Waals surface area contributed by atoms with Crippen LogP contribution < -0.4 is 10.5 Å². The largest absolute Gasteiger partial charge is 0.489 e. The van der Waals surface area contributed by atoms with Gasteiger partial charge in [0.1, 0.15) is 12.4 Å². The van der Waals surface area contributed by atoms with Crippen LogP contribution in [-0.2, 0) is 11.4 Å². The van der Waals surface area contributed by atoms with Crippen LogP contribution in [0.4, 0.5) is 5.69 Å². The van der Waals surface area contributed by atoms with Crippen LogP contribution in [0, 0.1) is 5.41 Å². The summed E-state index contributed by atoms with van der Waals surface area (Å²) in [5.41, 5.74) is 11.7. The van der Waals surface area contributed by atoms with Gasteiger partial charge in [-0.25, -0.2) is 0 Å². The Hall–Kier alpha value is -2.79. The molecule has 1 aliphatic rings. The van der Waals surface area contributed by atoms with Gasteiger partial charge in [-0.3, -0.25) is 4.79 Å². The van der Waals surface area contributed by atoms with E-state index in [1.54, 1.807) is 12.1 Å². The molecule has 2 N–H and O–H groups in total. The number of hydrogen-bond donors (Lipinski definition) is 1. The van der Waals surface area contributed by atoms with Crippen molar-refractivity contribution in [3.05, 3.63) is 110 Å². The van der Waals surface area contributed by atoms with E-state index in [2.05, 4.69) is 48.8 Å². The topological polar surface area (TPSA) is 52.3 Å². The number of nitrogen functional groups attached to an aromatic ring is 1. The van der Waals surface area contributed by atoms with Crippen LogP contribution in [0.1, 0.15) is 56.2 Å².